The number of hydrogen-bond donors (Lipinski definition) is 1. The van der Waals surface area contributed by atoms with E-state index in [2.05, 4.69) is 15.0 Å². The highest BCUT2D eigenvalue weighted by atomic mass is 19.1. The third-order valence-electron chi connectivity index (χ3n) is 4.61. The molecule has 0 radical (unpaired) electrons. The summed E-state index contributed by atoms with van der Waals surface area (Å²) in [6.45, 7) is 4.00. The Labute approximate surface area is 149 Å². The van der Waals surface area contributed by atoms with E-state index < -0.39 is 17.2 Å². The molecule has 1 aromatic carbocycles. The molecule has 26 heavy (non-hydrogen) atoms. The third kappa shape index (κ3) is 2.56. The lowest BCUT2D eigenvalue weighted by molar-refractivity contribution is 0.382. The number of amidine groups is 1. The molecule has 7 heteroatoms. The number of imidazole rings is 1. The Morgan fingerprint density at radius 2 is 1.96 bits per heavy atom. The minimum atomic E-state index is -0.971. The first-order chi connectivity index (χ1) is 12.4. The van der Waals surface area contributed by atoms with Gasteiger partial charge in [-0.05, 0) is 31.5 Å². The fourth-order valence-corrected chi connectivity index (χ4v) is 3.38. The fraction of sp³-hybridized carbons (Fsp3) is 0.211. The zero-order chi connectivity index (χ0) is 18.5. The fourth-order valence-electron chi connectivity index (χ4n) is 3.38. The van der Waals surface area contributed by atoms with Crippen LogP contribution in [0.15, 0.2) is 48.0 Å². The van der Waals surface area contributed by atoms with Gasteiger partial charge in [0.25, 0.3) is 0 Å². The number of nitrogens with zero attached hydrogens (tertiary/aromatic N) is 4. The molecule has 4 rings (SSSR count). The number of rotatable bonds is 2. The Morgan fingerprint density at radius 1 is 1.15 bits per heavy atom. The van der Waals surface area contributed by atoms with Gasteiger partial charge in [-0.15, -0.1) is 0 Å². The molecule has 0 bridgehead atoms. The molecular formula is C19H17F2N5. The molecule has 0 aliphatic carbocycles. The summed E-state index contributed by atoms with van der Waals surface area (Å²) in [6.07, 6.45) is 6.62. The van der Waals surface area contributed by atoms with Crippen LogP contribution in [0, 0.1) is 18.6 Å². The van der Waals surface area contributed by atoms with Crippen LogP contribution in [0.2, 0.25) is 0 Å². The van der Waals surface area contributed by atoms with Crippen LogP contribution < -0.4 is 5.73 Å². The number of aromatic nitrogens is 3. The number of aryl methyl sites for hydroxylation is 1. The average Bonchev–Trinajstić information content (AvgIpc) is 3.03. The zero-order valence-electron chi connectivity index (χ0n) is 14.4. The molecule has 0 spiro atoms. The van der Waals surface area contributed by atoms with Gasteiger partial charge >= 0.3 is 0 Å². The summed E-state index contributed by atoms with van der Waals surface area (Å²) in [5.41, 5.74) is 7.08. The van der Waals surface area contributed by atoms with Crippen LogP contribution in [0.4, 0.5) is 8.78 Å². The van der Waals surface area contributed by atoms with Gasteiger partial charge in [-0.25, -0.2) is 13.8 Å². The lowest BCUT2D eigenvalue weighted by Crippen LogP contribution is -2.37. The van der Waals surface area contributed by atoms with Gasteiger partial charge in [-0.3, -0.25) is 9.98 Å². The van der Waals surface area contributed by atoms with Gasteiger partial charge in [0.05, 0.1) is 6.54 Å². The molecule has 2 aromatic heterocycles. The highest BCUT2D eigenvalue weighted by Gasteiger charge is 2.35. The number of halogens is 2. The molecule has 0 saturated heterocycles. The van der Waals surface area contributed by atoms with E-state index in [1.165, 1.54) is 6.07 Å². The Hall–Kier alpha value is -3.09. The average molecular weight is 353 g/mol. The molecule has 0 fully saturated rings. The van der Waals surface area contributed by atoms with Crippen LogP contribution in [0.5, 0.6) is 0 Å². The molecular weight excluding hydrogens is 336 g/mol. The van der Waals surface area contributed by atoms with E-state index in [0.717, 1.165) is 11.6 Å². The van der Waals surface area contributed by atoms with Crippen molar-refractivity contribution in [3.05, 3.63) is 71.6 Å². The number of aliphatic imine (C=N–C) groups is 1. The number of pyridine rings is 1. The number of benzene rings is 1. The molecule has 5 nitrogen and oxygen atoms in total. The minimum Gasteiger partial charge on any atom is -0.381 e. The summed E-state index contributed by atoms with van der Waals surface area (Å²) in [5.74, 6) is -0.521. The molecule has 1 atom stereocenters. The molecule has 0 amide bonds. The Bertz CT molecular complexity index is 1040. The van der Waals surface area contributed by atoms with Crippen molar-refractivity contribution in [3.63, 3.8) is 0 Å². The van der Waals surface area contributed by atoms with E-state index in [4.69, 9.17) is 5.73 Å². The number of nitrogens with two attached hydrogens (primary N) is 1. The van der Waals surface area contributed by atoms with Gasteiger partial charge in [0.1, 0.15) is 17.2 Å². The molecule has 132 valence electrons. The summed E-state index contributed by atoms with van der Waals surface area (Å²) in [4.78, 5) is 12.7. The van der Waals surface area contributed by atoms with Crippen molar-refractivity contribution in [1.82, 2.24) is 14.5 Å². The highest BCUT2D eigenvalue weighted by Crippen LogP contribution is 2.36. The van der Waals surface area contributed by atoms with E-state index in [1.54, 1.807) is 31.7 Å². The van der Waals surface area contributed by atoms with Gasteiger partial charge in [0.15, 0.2) is 11.7 Å². The third-order valence-corrected chi connectivity index (χ3v) is 4.61. The molecule has 3 aromatic rings. The lowest BCUT2D eigenvalue weighted by Gasteiger charge is -2.31. The summed E-state index contributed by atoms with van der Waals surface area (Å²) in [5, 5.41) is 0. The second-order valence-corrected chi connectivity index (χ2v) is 6.71. The Balaban J connectivity index is 1.87. The quantitative estimate of drug-likeness (QED) is 0.769. The van der Waals surface area contributed by atoms with Gasteiger partial charge in [-0.2, -0.15) is 0 Å². The second kappa shape index (κ2) is 5.72. The summed E-state index contributed by atoms with van der Waals surface area (Å²) in [6, 6.07) is 4.20. The second-order valence-electron chi connectivity index (χ2n) is 6.71. The monoisotopic (exact) mass is 353 g/mol. The van der Waals surface area contributed by atoms with Crippen molar-refractivity contribution in [2.24, 2.45) is 10.7 Å². The van der Waals surface area contributed by atoms with Crippen molar-refractivity contribution in [2.45, 2.75) is 25.9 Å². The van der Waals surface area contributed by atoms with E-state index in [1.807, 2.05) is 17.6 Å². The Morgan fingerprint density at radius 3 is 2.73 bits per heavy atom. The molecule has 0 saturated carbocycles. The number of fused-ring (bicyclic) bond motifs is 1. The summed E-state index contributed by atoms with van der Waals surface area (Å²) >= 11 is 0. The van der Waals surface area contributed by atoms with Gasteiger partial charge in [-0.1, -0.05) is 0 Å². The van der Waals surface area contributed by atoms with Crippen molar-refractivity contribution in [2.75, 3.05) is 0 Å². The lowest BCUT2D eigenvalue weighted by atomic mass is 9.88. The van der Waals surface area contributed by atoms with Crippen molar-refractivity contribution in [1.29, 1.82) is 0 Å². The SMILES string of the molecule is Cc1cncc(-c2cc(C3(C)Cn4ccnc4C(N)=N3)c(F)cc2F)c1. The molecule has 1 aliphatic rings. The van der Waals surface area contributed by atoms with Crippen LogP contribution in [0.1, 0.15) is 23.9 Å². The maximum absolute atomic E-state index is 14.7. The predicted molar refractivity (Wildman–Crippen MR) is 94.6 cm³/mol. The smallest absolute Gasteiger partial charge is 0.175 e. The van der Waals surface area contributed by atoms with Crippen LogP contribution >= 0.6 is 0 Å². The summed E-state index contributed by atoms with van der Waals surface area (Å²) < 4.78 is 31.0. The van der Waals surface area contributed by atoms with E-state index in [0.29, 0.717) is 17.9 Å². The Kier molecular flexibility index (Phi) is 3.61. The topological polar surface area (TPSA) is 69.1 Å². The van der Waals surface area contributed by atoms with Crippen LogP contribution in [0.25, 0.3) is 11.1 Å². The first-order valence-electron chi connectivity index (χ1n) is 8.16. The summed E-state index contributed by atoms with van der Waals surface area (Å²) in [7, 11) is 0. The molecule has 3 heterocycles. The van der Waals surface area contributed by atoms with Gasteiger partial charge < -0.3 is 10.3 Å². The standard InChI is InChI=1S/C19H17F2N5/c1-11-5-12(9-23-8-11)13-6-14(16(21)7-15(13)20)19(2)10-26-4-3-24-18(26)17(22)25-19/h3-9H,10H2,1-2H3,(H2,22,25). The molecule has 1 aliphatic heterocycles. The van der Waals surface area contributed by atoms with Gasteiger partial charge in [0.2, 0.25) is 0 Å². The first-order valence-corrected chi connectivity index (χ1v) is 8.16. The zero-order valence-corrected chi connectivity index (χ0v) is 14.4. The van der Waals surface area contributed by atoms with E-state index >= 15 is 0 Å². The van der Waals surface area contributed by atoms with Crippen molar-refractivity contribution < 1.29 is 8.78 Å². The van der Waals surface area contributed by atoms with E-state index in [-0.39, 0.29) is 17.0 Å². The number of hydrogen-bond acceptors (Lipinski definition) is 4. The van der Waals surface area contributed by atoms with Crippen molar-refractivity contribution in [3.8, 4) is 11.1 Å². The van der Waals surface area contributed by atoms with Crippen LogP contribution in [-0.4, -0.2) is 20.4 Å². The maximum atomic E-state index is 14.7. The van der Waals surface area contributed by atoms with Crippen molar-refractivity contribution >= 4 is 5.84 Å². The largest absolute Gasteiger partial charge is 0.381 e. The van der Waals surface area contributed by atoms with E-state index in [9.17, 15) is 8.78 Å². The van der Waals surface area contributed by atoms with Crippen LogP contribution in [0.3, 0.4) is 0 Å². The maximum Gasteiger partial charge on any atom is 0.175 e. The minimum absolute atomic E-state index is 0.228. The first kappa shape index (κ1) is 16.4. The molecule has 1 unspecified atom stereocenters. The predicted octanol–water partition coefficient (Wildman–Crippen LogP) is 3.17. The highest BCUT2D eigenvalue weighted by molar-refractivity contribution is 5.95. The van der Waals surface area contributed by atoms with Crippen LogP contribution in [-0.2, 0) is 12.1 Å². The normalized spacial score (nSPS) is 19.2. The molecule has 2 N–H and O–H groups in total. The van der Waals surface area contributed by atoms with Gasteiger partial charge in [0, 0.05) is 47.5 Å².